The molecule has 0 radical (unpaired) electrons. The maximum absolute atomic E-state index is 13.6. The van der Waals surface area contributed by atoms with E-state index in [0.717, 1.165) is 17.7 Å². The van der Waals surface area contributed by atoms with E-state index in [9.17, 15) is 18.4 Å². The Morgan fingerprint density at radius 1 is 1.21 bits per heavy atom. The van der Waals surface area contributed by atoms with Gasteiger partial charge in [-0.3, -0.25) is 9.59 Å². The van der Waals surface area contributed by atoms with Crippen LogP contribution in [0.25, 0.3) is 11.0 Å². The zero-order valence-corrected chi connectivity index (χ0v) is 21.5. The Balaban J connectivity index is 1.29. The standard InChI is InChI=1S/C30H28F2N4O3/c1-29(15-35(16-29)27(38)30(2)11-12-30)10-9-17-7-8-19-20(13-17)36-21-14-22(25(36)33-19)34(3)26(37)18-5-4-6-23(24(18)21)39-28(31)32/h4-8,13,21-22,28H,11-12,14-16H2,1-3H3/t21-,22-/m1/s1/i3D3. The molecule has 3 aromatic rings. The quantitative estimate of drug-likeness (QED) is 0.456. The first-order valence-electron chi connectivity index (χ1n) is 14.5. The van der Waals surface area contributed by atoms with E-state index in [2.05, 4.69) is 11.8 Å². The normalized spacial score (nSPS) is 24.9. The van der Waals surface area contributed by atoms with Gasteiger partial charge in [-0.15, -0.1) is 0 Å². The highest BCUT2D eigenvalue weighted by Crippen LogP contribution is 2.50. The topological polar surface area (TPSA) is 67.7 Å². The number of halogens is 2. The number of fused-ring (bicyclic) bond motifs is 9. The molecule has 4 heterocycles. The van der Waals surface area contributed by atoms with Crippen molar-refractivity contribution in [2.24, 2.45) is 10.8 Å². The van der Waals surface area contributed by atoms with Crippen molar-refractivity contribution in [2.45, 2.75) is 51.8 Å². The van der Waals surface area contributed by atoms with E-state index in [-0.39, 0.29) is 40.0 Å². The second-order valence-electron chi connectivity index (χ2n) is 11.6. The minimum atomic E-state index is -3.13. The van der Waals surface area contributed by atoms with Gasteiger partial charge in [-0.2, -0.15) is 8.78 Å². The first-order valence-corrected chi connectivity index (χ1v) is 13.0. The third kappa shape index (κ3) is 3.64. The maximum Gasteiger partial charge on any atom is 0.387 e. The van der Waals surface area contributed by atoms with Crippen LogP contribution in [0.2, 0.25) is 0 Å². The zero-order valence-electron chi connectivity index (χ0n) is 24.5. The summed E-state index contributed by atoms with van der Waals surface area (Å²) in [6, 6.07) is 8.13. The van der Waals surface area contributed by atoms with Gasteiger partial charge in [0.25, 0.3) is 5.91 Å². The molecule has 3 aliphatic heterocycles. The Bertz CT molecular complexity index is 1730. The molecule has 0 unspecified atom stereocenters. The van der Waals surface area contributed by atoms with Gasteiger partial charge in [-0.05, 0) is 50.1 Å². The average molecular weight is 534 g/mol. The zero-order chi connectivity index (χ0) is 29.8. The molecular formula is C30H28F2N4O3. The van der Waals surface area contributed by atoms with Gasteiger partial charge < -0.3 is 19.1 Å². The molecule has 1 aromatic heterocycles. The molecule has 2 bridgehead atoms. The Hall–Kier alpha value is -3.93. The van der Waals surface area contributed by atoms with E-state index in [1.54, 1.807) is 6.07 Å². The summed E-state index contributed by atoms with van der Waals surface area (Å²) in [4.78, 5) is 33.6. The first-order chi connectivity index (χ1) is 19.8. The van der Waals surface area contributed by atoms with Crippen molar-refractivity contribution in [1.29, 1.82) is 0 Å². The van der Waals surface area contributed by atoms with Gasteiger partial charge in [-0.1, -0.05) is 24.8 Å². The van der Waals surface area contributed by atoms with Crippen LogP contribution in [0.4, 0.5) is 8.78 Å². The summed E-state index contributed by atoms with van der Waals surface area (Å²) in [7, 11) is 0. The van der Waals surface area contributed by atoms with Crippen molar-refractivity contribution in [3.63, 3.8) is 0 Å². The van der Waals surface area contributed by atoms with Gasteiger partial charge in [-0.25, -0.2) is 4.98 Å². The number of hydrogen-bond acceptors (Lipinski definition) is 4. The molecule has 4 aliphatic rings. The Labute approximate surface area is 228 Å². The number of carbonyl (C=O) groups is 2. The minimum absolute atomic E-state index is 0.0114. The van der Waals surface area contributed by atoms with Crippen LogP contribution in [-0.2, 0) is 4.79 Å². The molecule has 7 rings (SSSR count). The van der Waals surface area contributed by atoms with Crippen molar-refractivity contribution in [2.75, 3.05) is 20.1 Å². The van der Waals surface area contributed by atoms with Crippen LogP contribution in [0.15, 0.2) is 36.4 Å². The molecule has 2 amide bonds. The number of hydrogen-bond donors (Lipinski definition) is 0. The maximum atomic E-state index is 13.6. The molecule has 200 valence electrons. The monoisotopic (exact) mass is 533 g/mol. The molecule has 2 fully saturated rings. The van der Waals surface area contributed by atoms with Gasteiger partial charge in [0.05, 0.1) is 28.5 Å². The molecule has 1 saturated heterocycles. The third-order valence-electron chi connectivity index (χ3n) is 8.54. The van der Waals surface area contributed by atoms with Crippen molar-refractivity contribution in [1.82, 2.24) is 19.4 Å². The number of carbonyl (C=O) groups excluding carboxylic acids is 2. The van der Waals surface area contributed by atoms with Crippen LogP contribution in [0.3, 0.4) is 0 Å². The van der Waals surface area contributed by atoms with Crippen molar-refractivity contribution in [3.8, 4) is 17.6 Å². The SMILES string of the molecule is [2H]C([2H])([2H])N1C(=O)c2cccc(OC(F)F)c2[C@H]2C[C@@H]1c1nc3ccc(C#CC4(C)CN(C(=O)C5(C)CC5)C4)cc3n12. The smallest absolute Gasteiger partial charge is 0.387 e. The number of alkyl halides is 2. The highest BCUT2D eigenvalue weighted by molar-refractivity contribution is 5.98. The molecule has 0 spiro atoms. The second kappa shape index (κ2) is 8.04. The Morgan fingerprint density at radius 3 is 2.72 bits per heavy atom. The lowest BCUT2D eigenvalue weighted by Gasteiger charge is -2.46. The number of likely N-dealkylation sites (tertiary alicyclic amines) is 1. The van der Waals surface area contributed by atoms with Crippen LogP contribution in [-0.4, -0.2) is 57.8 Å². The van der Waals surface area contributed by atoms with E-state index < -0.39 is 31.6 Å². The largest absolute Gasteiger partial charge is 0.434 e. The van der Waals surface area contributed by atoms with Crippen LogP contribution >= 0.6 is 0 Å². The third-order valence-corrected chi connectivity index (χ3v) is 8.54. The summed E-state index contributed by atoms with van der Waals surface area (Å²) in [6.07, 6.45) is 2.01. The van der Waals surface area contributed by atoms with E-state index in [1.807, 2.05) is 35.4 Å². The number of ether oxygens (including phenoxy) is 1. The summed E-state index contributed by atoms with van der Waals surface area (Å²) in [5, 5.41) is 0. The lowest BCUT2D eigenvalue weighted by Crippen LogP contribution is -2.57. The predicted molar refractivity (Wildman–Crippen MR) is 139 cm³/mol. The molecule has 9 heteroatoms. The fraction of sp³-hybridized carbons (Fsp3) is 0.433. The lowest BCUT2D eigenvalue weighted by atomic mass is 9.81. The summed E-state index contributed by atoms with van der Waals surface area (Å²) in [6.45, 7) is -0.736. The summed E-state index contributed by atoms with van der Waals surface area (Å²) >= 11 is 0. The molecule has 0 N–H and O–H groups in total. The van der Waals surface area contributed by atoms with Crippen LogP contribution in [0.1, 0.15) is 76.6 Å². The highest BCUT2D eigenvalue weighted by atomic mass is 19.3. The van der Waals surface area contributed by atoms with Crippen molar-refractivity contribution < 1.29 is 27.2 Å². The lowest BCUT2D eigenvalue weighted by molar-refractivity contribution is -0.145. The summed E-state index contributed by atoms with van der Waals surface area (Å²) in [5.74, 6) is 6.18. The molecule has 7 nitrogen and oxygen atoms in total. The Kier molecular flexibility index (Phi) is 4.32. The van der Waals surface area contributed by atoms with E-state index in [4.69, 9.17) is 13.8 Å². The summed E-state index contributed by atoms with van der Waals surface area (Å²) in [5.41, 5.74) is 1.61. The van der Waals surface area contributed by atoms with Crippen LogP contribution < -0.4 is 4.74 Å². The predicted octanol–water partition coefficient (Wildman–Crippen LogP) is 4.76. The highest BCUT2D eigenvalue weighted by Gasteiger charge is 2.52. The molecule has 2 atom stereocenters. The minimum Gasteiger partial charge on any atom is -0.434 e. The molecule has 1 aliphatic carbocycles. The van der Waals surface area contributed by atoms with E-state index in [1.165, 1.54) is 18.2 Å². The molecule has 39 heavy (non-hydrogen) atoms. The van der Waals surface area contributed by atoms with Crippen molar-refractivity contribution >= 4 is 22.8 Å². The van der Waals surface area contributed by atoms with Gasteiger partial charge in [0.15, 0.2) is 0 Å². The van der Waals surface area contributed by atoms with E-state index >= 15 is 0 Å². The average Bonchev–Trinajstić information content (AvgIpc) is 3.44. The number of aromatic nitrogens is 2. The van der Waals surface area contributed by atoms with Gasteiger partial charge in [0.2, 0.25) is 5.91 Å². The molecule has 1 saturated carbocycles. The van der Waals surface area contributed by atoms with Gasteiger partial charge in [0, 0.05) is 52.7 Å². The fourth-order valence-electron chi connectivity index (χ4n) is 6.21. The number of benzene rings is 2. The van der Waals surface area contributed by atoms with Crippen LogP contribution in [0, 0.1) is 22.7 Å². The van der Waals surface area contributed by atoms with Crippen LogP contribution in [0.5, 0.6) is 5.75 Å². The number of nitrogens with zero attached hydrogens (tertiary/aromatic N) is 4. The number of rotatable bonds is 3. The van der Waals surface area contributed by atoms with Crippen molar-refractivity contribution in [3.05, 3.63) is 58.9 Å². The Morgan fingerprint density at radius 2 is 2.00 bits per heavy atom. The van der Waals surface area contributed by atoms with E-state index in [0.29, 0.717) is 35.5 Å². The first kappa shape index (κ1) is 21.0. The molecular weight excluding hydrogens is 502 g/mol. The van der Waals surface area contributed by atoms with Gasteiger partial charge in [0.1, 0.15) is 11.6 Å². The second-order valence-corrected chi connectivity index (χ2v) is 11.6. The molecule has 2 aromatic carbocycles. The fourth-order valence-corrected chi connectivity index (χ4v) is 6.21. The number of imidazole rings is 1. The number of amides is 2. The van der Waals surface area contributed by atoms with Gasteiger partial charge >= 0.3 is 6.61 Å². The summed E-state index contributed by atoms with van der Waals surface area (Å²) < 4.78 is 57.9.